The summed E-state index contributed by atoms with van der Waals surface area (Å²) < 4.78 is 61.7. The topological polar surface area (TPSA) is 160 Å². The van der Waals surface area contributed by atoms with Crippen LogP contribution in [0.15, 0.2) is 46.2 Å². The summed E-state index contributed by atoms with van der Waals surface area (Å²) in [6, 6.07) is 6.38. The smallest absolute Gasteiger partial charge is 0.332 e. The SMILES string of the molecule is Cc1cc(NC(=O)Cn2c(=O)ccc3cnc(NC4CCN(S(C)(=O)=O)CC4)nc32)ccc1S(=O)(=O)F. The molecule has 3 aromatic rings. The predicted molar refractivity (Wildman–Crippen MR) is 135 cm³/mol. The minimum Gasteiger partial charge on any atom is -0.351 e. The number of anilines is 2. The Balaban J connectivity index is 1.51. The summed E-state index contributed by atoms with van der Waals surface area (Å²) in [6.45, 7) is 1.74. The largest absolute Gasteiger partial charge is 0.351 e. The van der Waals surface area contributed by atoms with Crippen LogP contribution in [0.4, 0.5) is 15.5 Å². The molecule has 1 fully saturated rings. The van der Waals surface area contributed by atoms with E-state index in [4.69, 9.17) is 0 Å². The van der Waals surface area contributed by atoms with E-state index in [0.717, 1.165) is 6.07 Å². The molecule has 15 heteroatoms. The fourth-order valence-electron chi connectivity index (χ4n) is 4.15. The number of hydrogen-bond donors (Lipinski definition) is 2. The molecule has 2 N–H and O–H groups in total. The number of rotatable bonds is 7. The van der Waals surface area contributed by atoms with Crippen molar-refractivity contribution in [2.45, 2.75) is 37.2 Å². The van der Waals surface area contributed by atoms with E-state index < -0.39 is 36.6 Å². The van der Waals surface area contributed by atoms with Gasteiger partial charge in [0.05, 0.1) is 6.26 Å². The van der Waals surface area contributed by atoms with Gasteiger partial charge in [0.1, 0.15) is 17.1 Å². The number of fused-ring (bicyclic) bond motifs is 1. The number of pyridine rings is 1. The highest BCUT2D eigenvalue weighted by Gasteiger charge is 2.25. The summed E-state index contributed by atoms with van der Waals surface area (Å²) in [7, 11) is -8.14. The van der Waals surface area contributed by atoms with Gasteiger partial charge >= 0.3 is 10.2 Å². The summed E-state index contributed by atoms with van der Waals surface area (Å²) in [5.41, 5.74) is 0.113. The van der Waals surface area contributed by atoms with E-state index >= 15 is 0 Å². The zero-order valence-electron chi connectivity index (χ0n) is 20.0. The number of halogens is 1. The fourth-order valence-corrected chi connectivity index (χ4v) is 5.70. The highest BCUT2D eigenvalue weighted by Crippen LogP contribution is 2.22. The van der Waals surface area contributed by atoms with Gasteiger partial charge in [0.2, 0.25) is 21.9 Å². The Kier molecular flexibility index (Phi) is 7.30. The third-order valence-corrected chi connectivity index (χ3v) is 8.29. The Morgan fingerprint density at radius 3 is 2.46 bits per heavy atom. The van der Waals surface area contributed by atoms with Gasteiger partial charge in [0, 0.05) is 42.5 Å². The first-order valence-corrected chi connectivity index (χ1v) is 14.5. The van der Waals surface area contributed by atoms with E-state index in [9.17, 15) is 30.3 Å². The van der Waals surface area contributed by atoms with Gasteiger partial charge in [0.25, 0.3) is 5.56 Å². The van der Waals surface area contributed by atoms with Crippen molar-refractivity contribution in [2.75, 3.05) is 30.0 Å². The normalized spacial score (nSPS) is 15.5. The van der Waals surface area contributed by atoms with Gasteiger partial charge in [-0.3, -0.25) is 14.2 Å². The molecule has 0 unspecified atom stereocenters. The monoisotopic (exact) mass is 552 g/mol. The molecule has 12 nitrogen and oxygen atoms in total. The molecule has 1 amide bonds. The van der Waals surface area contributed by atoms with Gasteiger partial charge in [-0.25, -0.2) is 17.7 Å². The summed E-state index contributed by atoms with van der Waals surface area (Å²) in [6.07, 6.45) is 3.80. The number of aromatic nitrogens is 3. The molecule has 1 aromatic carbocycles. The summed E-state index contributed by atoms with van der Waals surface area (Å²) >= 11 is 0. The molecular weight excluding hydrogens is 527 g/mol. The van der Waals surface area contributed by atoms with Crippen molar-refractivity contribution in [1.29, 1.82) is 0 Å². The second kappa shape index (κ2) is 10.1. The molecule has 0 saturated carbocycles. The summed E-state index contributed by atoms with van der Waals surface area (Å²) in [5.74, 6) is -0.338. The van der Waals surface area contributed by atoms with Gasteiger partial charge in [-0.05, 0) is 49.6 Å². The number of aryl methyl sites for hydroxylation is 1. The fraction of sp³-hybridized carbons (Fsp3) is 0.364. The number of hydrogen-bond acceptors (Lipinski definition) is 9. The van der Waals surface area contributed by atoms with Crippen molar-refractivity contribution in [3.05, 3.63) is 52.4 Å². The first-order valence-electron chi connectivity index (χ1n) is 11.2. The van der Waals surface area contributed by atoms with Crippen LogP contribution in [-0.2, 0) is 31.6 Å². The molecule has 37 heavy (non-hydrogen) atoms. The lowest BCUT2D eigenvalue weighted by molar-refractivity contribution is -0.116. The molecule has 0 spiro atoms. The summed E-state index contributed by atoms with van der Waals surface area (Å²) in [4.78, 5) is 33.5. The van der Waals surface area contributed by atoms with Crippen LogP contribution in [0, 0.1) is 6.92 Å². The van der Waals surface area contributed by atoms with Crippen LogP contribution in [0.3, 0.4) is 0 Å². The van der Waals surface area contributed by atoms with Gasteiger partial charge in [-0.1, -0.05) is 0 Å². The van der Waals surface area contributed by atoms with Crippen molar-refractivity contribution in [3.8, 4) is 0 Å². The van der Waals surface area contributed by atoms with Crippen LogP contribution in [0.1, 0.15) is 18.4 Å². The predicted octanol–water partition coefficient (Wildman–Crippen LogP) is 1.23. The maximum atomic E-state index is 13.3. The number of piperidine rings is 1. The van der Waals surface area contributed by atoms with E-state index in [0.29, 0.717) is 31.3 Å². The van der Waals surface area contributed by atoms with E-state index in [2.05, 4.69) is 20.6 Å². The van der Waals surface area contributed by atoms with Crippen LogP contribution in [0.25, 0.3) is 11.0 Å². The minimum absolute atomic E-state index is 0.0676. The second-order valence-corrected chi connectivity index (χ2v) is 12.1. The highest BCUT2D eigenvalue weighted by atomic mass is 32.3. The number of carbonyl (C=O) groups excluding carboxylic acids is 1. The Morgan fingerprint density at radius 1 is 1.14 bits per heavy atom. The molecular formula is C22H25FN6O6S2. The number of sulfonamides is 1. The van der Waals surface area contributed by atoms with E-state index in [1.807, 2.05) is 0 Å². The molecule has 0 radical (unpaired) electrons. The van der Waals surface area contributed by atoms with Crippen LogP contribution >= 0.6 is 0 Å². The first kappa shape index (κ1) is 26.6. The molecule has 1 saturated heterocycles. The Morgan fingerprint density at radius 2 is 1.84 bits per heavy atom. The highest BCUT2D eigenvalue weighted by molar-refractivity contribution is 7.88. The standard InChI is InChI=1S/C22H25FN6O6S2/c1-14-11-17(4-5-18(14)37(23,34)35)25-19(30)13-29-20(31)6-3-15-12-24-22(27-21(15)29)26-16-7-9-28(10-8-16)36(2,32)33/h3-6,11-12,16H,7-10,13H2,1-2H3,(H,25,30)(H,24,26,27). The lowest BCUT2D eigenvalue weighted by Gasteiger charge is -2.30. The molecule has 1 aliphatic heterocycles. The summed E-state index contributed by atoms with van der Waals surface area (Å²) in [5, 5.41) is 6.26. The molecule has 4 rings (SSSR count). The van der Waals surface area contributed by atoms with Gasteiger partial charge in [-0.2, -0.15) is 13.4 Å². The van der Waals surface area contributed by atoms with Gasteiger partial charge < -0.3 is 10.6 Å². The third kappa shape index (κ3) is 6.29. The van der Waals surface area contributed by atoms with Crippen molar-refractivity contribution in [2.24, 2.45) is 0 Å². The van der Waals surface area contributed by atoms with Gasteiger partial charge in [0.15, 0.2) is 0 Å². The third-order valence-electron chi connectivity index (χ3n) is 6.00. The molecule has 0 aliphatic carbocycles. The quantitative estimate of drug-likeness (QED) is 0.411. The lowest BCUT2D eigenvalue weighted by atomic mass is 10.1. The molecule has 0 atom stereocenters. The molecule has 198 valence electrons. The van der Waals surface area contributed by atoms with Crippen molar-refractivity contribution < 1.29 is 25.5 Å². The Hall–Kier alpha value is -3.43. The van der Waals surface area contributed by atoms with Crippen LogP contribution in [-0.4, -0.2) is 67.0 Å². The Labute approximate surface area is 212 Å². The van der Waals surface area contributed by atoms with Crippen LogP contribution in [0.5, 0.6) is 0 Å². The number of carbonyl (C=O) groups is 1. The maximum absolute atomic E-state index is 13.3. The zero-order chi connectivity index (χ0) is 27.0. The number of nitrogens with one attached hydrogen (secondary N) is 2. The number of amides is 1. The van der Waals surface area contributed by atoms with Crippen molar-refractivity contribution >= 4 is 48.8 Å². The van der Waals surface area contributed by atoms with Gasteiger partial charge in [-0.15, -0.1) is 3.89 Å². The maximum Gasteiger partial charge on any atom is 0.332 e. The molecule has 3 heterocycles. The number of benzene rings is 1. The molecule has 0 bridgehead atoms. The zero-order valence-corrected chi connectivity index (χ0v) is 21.6. The average molecular weight is 553 g/mol. The van der Waals surface area contributed by atoms with E-state index in [1.54, 1.807) is 6.07 Å². The molecule has 1 aliphatic rings. The second-order valence-electron chi connectivity index (χ2n) is 8.78. The Bertz CT molecular complexity index is 1630. The average Bonchev–Trinajstić information content (AvgIpc) is 2.80. The van der Waals surface area contributed by atoms with Crippen LogP contribution < -0.4 is 16.2 Å². The van der Waals surface area contributed by atoms with Crippen molar-refractivity contribution in [1.82, 2.24) is 18.8 Å². The minimum atomic E-state index is -4.89. The first-order chi connectivity index (χ1) is 17.3. The lowest BCUT2D eigenvalue weighted by Crippen LogP contribution is -2.42. The van der Waals surface area contributed by atoms with Crippen LogP contribution in [0.2, 0.25) is 0 Å². The number of nitrogens with zero attached hydrogens (tertiary/aromatic N) is 4. The van der Waals surface area contributed by atoms with Crippen molar-refractivity contribution in [3.63, 3.8) is 0 Å². The van der Waals surface area contributed by atoms with E-state index in [1.165, 1.54) is 46.4 Å². The molecule has 2 aromatic heterocycles. The van der Waals surface area contributed by atoms with E-state index in [-0.39, 0.29) is 35.4 Å².